The molecule has 8 atom stereocenters. The van der Waals surface area contributed by atoms with Gasteiger partial charge in [-0.05, 0) is 65.6 Å². The highest BCUT2D eigenvalue weighted by Crippen LogP contribution is 2.49. The first kappa shape index (κ1) is 50.4. The first-order valence-electron chi connectivity index (χ1n) is 18.1. The van der Waals surface area contributed by atoms with Crippen LogP contribution in [0.5, 0.6) is 0 Å². The number of esters is 2. The largest absolute Gasteiger partial charge is 0.472 e. The number of aliphatic hydroxyl groups excluding tert-OH is 4. The van der Waals surface area contributed by atoms with Gasteiger partial charge in [0.05, 0.1) is 6.61 Å². The molecule has 0 heterocycles. The molecule has 0 saturated heterocycles. The lowest BCUT2D eigenvalue weighted by Gasteiger charge is -2.43. The van der Waals surface area contributed by atoms with E-state index in [2.05, 4.69) is 70.7 Å². The molecular formula is C38H50O16P2. The Hall–Kier alpha value is -3.64. The summed E-state index contributed by atoms with van der Waals surface area (Å²) in [7, 11) is -10.8. The number of terminal acetylenes is 1. The van der Waals surface area contributed by atoms with Crippen LogP contribution < -0.4 is 0 Å². The minimum atomic E-state index is -5.39. The summed E-state index contributed by atoms with van der Waals surface area (Å²) in [5.41, 5.74) is 0. The number of hydrogen-bond donors (Lipinski definition) is 7. The summed E-state index contributed by atoms with van der Waals surface area (Å²) < 4.78 is 48.4. The van der Waals surface area contributed by atoms with Gasteiger partial charge in [-0.15, -0.1) is 6.42 Å². The zero-order valence-electron chi connectivity index (χ0n) is 31.1. The van der Waals surface area contributed by atoms with Gasteiger partial charge in [0, 0.05) is 12.3 Å². The molecule has 1 fully saturated rings. The van der Waals surface area contributed by atoms with Crippen LogP contribution in [-0.4, -0.2) is 103 Å². The summed E-state index contributed by atoms with van der Waals surface area (Å²) in [6.45, 7) is 0.517. The fourth-order valence-electron chi connectivity index (χ4n) is 5.14. The maximum atomic E-state index is 12.8. The molecule has 56 heavy (non-hydrogen) atoms. The number of aliphatic hydroxyl groups is 4. The molecule has 1 rings (SSSR count). The van der Waals surface area contributed by atoms with Crippen LogP contribution in [0.1, 0.15) is 96.8 Å². The molecule has 0 aromatic carbocycles. The lowest BCUT2D eigenvalue weighted by Crippen LogP contribution is -2.64. The Balaban J connectivity index is 2.82. The standard InChI is InChI=1S/C38H50O16P2/c1-3-5-7-9-11-13-15-16-17-19-21-23-25-27-32(40)52-30(28-50-31(39)26-24-22-20-18-14-12-10-8-6-4-2)29-51-56(48,49)54-38-35(43)33(41)34(42)37(36(38)44)53-55(45,46)47/h2,30,33-38,41-44H,3,5,7,9,11,13,15-17,19,21,23,25,27-29H2,1H3,(H,48,49)(H2,45,46,47)/t30-,33-,34+,35?,36+,37?,38?/m1/s1. The van der Waals surface area contributed by atoms with Crippen LogP contribution in [-0.2, 0) is 41.8 Å². The van der Waals surface area contributed by atoms with Crippen molar-refractivity contribution in [1.82, 2.24) is 0 Å². The first-order chi connectivity index (χ1) is 26.6. The molecule has 0 spiro atoms. The zero-order chi connectivity index (χ0) is 41.8. The third-order valence-corrected chi connectivity index (χ3v) is 9.41. The Kier molecular flexibility index (Phi) is 25.8. The molecule has 1 aliphatic rings. The van der Waals surface area contributed by atoms with Crippen molar-refractivity contribution in [3.05, 3.63) is 0 Å². The minimum absolute atomic E-state index is 0.0333. The molecule has 0 aromatic rings. The van der Waals surface area contributed by atoms with Gasteiger partial charge in [-0.2, -0.15) is 0 Å². The fraction of sp³-hybridized carbons (Fsp3) is 0.632. The highest BCUT2D eigenvalue weighted by Gasteiger charge is 2.54. The van der Waals surface area contributed by atoms with Crippen molar-refractivity contribution in [3.8, 4) is 71.5 Å². The van der Waals surface area contributed by atoms with Gasteiger partial charge < -0.3 is 44.6 Å². The number of carbonyl (C=O) groups excluding carboxylic acids is 2. The Labute approximate surface area is 328 Å². The molecular weight excluding hydrogens is 774 g/mol. The molecule has 0 aliphatic heterocycles. The average Bonchev–Trinajstić information content (AvgIpc) is 3.14. The summed E-state index contributed by atoms with van der Waals surface area (Å²) in [4.78, 5) is 53.4. The lowest BCUT2D eigenvalue weighted by molar-refractivity contribution is -0.216. The van der Waals surface area contributed by atoms with E-state index in [1.807, 2.05) is 5.92 Å². The zero-order valence-corrected chi connectivity index (χ0v) is 32.9. The Morgan fingerprint density at radius 3 is 1.59 bits per heavy atom. The summed E-state index contributed by atoms with van der Waals surface area (Å²) in [5.74, 6) is 23.0. The molecule has 0 radical (unpaired) electrons. The second-order valence-corrected chi connectivity index (χ2v) is 15.1. The highest BCUT2D eigenvalue weighted by molar-refractivity contribution is 7.47. The first-order valence-corrected chi connectivity index (χ1v) is 21.1. The van der Waals surface area contributed by atoms with Crippen molar-refractivity contribution in [2.75, 3.05) is 13.2 Å². The summed E-state index contributed by atoms with van der Waals surface area (Å²) in [6, 6.07) is 0. The van der Waals surface area contributed by atoms with Crippen LogP contribution in [0, 0.1) is 71.5 Å². The molecule has 308 valence electrons. The van der Waals surface area contributed by atoms with Crippen molar-refractivity contribution >= 4 is 27.6 Å². The normalized spacial score (nSPS) is 21.5. The molecule has 1 aliphatic carbocycles. The smallest absolute Gasteiger partial charge is 0.456 e. The van der Waals surface area contributed by atoms with Gasteiger partial charge >= 0.3 is 27.6 Å². The van der Waals surface area contributed by atoms with Crippen molar-refractivity contribution < 1.29 is 76.9 Å². The van der Waals surface area contributed by atoms with Crippen LogP contribution in [0.3, 0.4) is 0 Å². The van der Waals surface area contributed by atoms with E-state index in [9.17, 15) is 44.0 Å². The summed E-state index contributed by atoms with van der Waals surface area (Å²) in [6.07, 6.45) is 3.86. The molecule has 0 amide bonds. The summed E-state index contributed by atoms with van der Waals surface area (Å²) in [5, 5.41) is 40.9. The summed E-state index contributed by atoms with van der Waals surface area (Å²) >= 11 is 0. The lowest BCUT2D eigenvalue weighted by atomic mass is 9.85. The number of ether oxygens (including phenoxy) is 2. The molecule has 0 bridgehead atoms. The molecule has 0 aromatic heterocycles. The number of phosphoric ester groups is 2. The van der Waals surface area contributed by atoms with E-state index in [-0.39, 0.29) is 6.42 Å². The van der Waals surface area contributed by atoms with Gasteiger partial charge in [0.2, 0.25) is 0 Å². The Morgan fingerprint density at radius 2 is 1.09 bits per heavy atom. The third-order valence-electron chi connectivity index (χ3n) is 7.90. The van der Waals surface area contributed by atoms with Crippen molar-refractivity contribution in [3.63, 3.8) is 0 Å². The van der Waals surface area contributed by atoms with Crippen LogP contribution in [0.2, 0.25) is 0 Å². The molecule has 4 unspecified atom stereocenters. The predicted molar refractivity (Wildman–Crippen MR) is 200 cm³/mol. The van der Waals surface area contributed by atoms with Crippen LogP contribution in [0.15, 0.2) is 0 Å². The van der Waals surface area contributed by atoms with Crippen molar-refractivity contribution in [2.24, 2.45) is 0 Å². The van der Waals surface area contributed by atoms with Gasteiger partial charge in [0.1, 0.15) is 43.2 Å². The topological polar surface area (TPSA) is 256 Å². The molecule has 18 heteroatoms. The van der Waals surface area contributed by atoms with E-state index in [0.29, 0.717) is 6.42 Å². The van der Waals surface area contributed by atoms with E-state index < -0.39 is 83.5 Å². The number of carbonyl (C=O) groups is 2. The van der Waals surface area contributed by atoms with E-state index in [1.54, 1.807) is 0 Å². The van der Waals surface area contributed by atoms with Gasteiger partial charge in [-0.25, -0.2) is 13.9 Å². The van der Waals surface area contributed by atoms with Crippen LogP contribution in [0.4, 0.5) is 0 Å². The van der Waals surface area contributed by atoms with Gasteiger partial charge in [0.15, 0.2) is 6.10 Å². The number of rotatable bonds is 24. The monoisotopic (exact) mass is 824 g/mol. The second kappa shape index (κ2) is 28.7. The third kappa shape index (κ3) is 23.4. The second-order valence-electron chi connectivity index (χ2n) is 12.5. The van der Waals surface area contributed by atoms with Crippen LogP contribution >= 0.6 is 15.6 Å². The molecule has 16 nitrogen and oxygen atoms in total. The van der Waals surface area contributed by atoms with Crippen molar-refractivity contribution in [2.45, 2.75) is 140 Å². The van der Waals surface area contributed by atoms with Gasteiger partial charge in [-0.1, -0.05) is 84.0 Å². The minimum Gasteiger partial charge on any atom is -0.456 e. The Bertz CT molecular complexity index is 1690. The SMILES string of the molecule is C#CC#CC#CC#CC#CC#CC(=O)OC[C@H](COP(=O)(O)OC1C(O)[C@H](O)[C@H](O)C(OP(=O)(O)O)[C@@H]1O)OC(=O)CCCCCCCCCCCCCCC. The van der Waals surface area contributed by atoms with E-state index in [4.69, 9.17) is 34.7 Å². The quantitative estimate of drug-likeness (QED) is 0.0242. The van der Waals surface area contributed by atoms with Gasteiger partial charge in [-0.3, -0.25) is 18.4 Å². The maximum absolute atomic E-state index is 12.8. The van der Waals surface area contributed by atoms with Gasteiger partial charge in [0.25, 0.3) is 0 Å². The van der Waals surface area contributed by atoms with Crippen LogP contribution in [0.25, 0.3) is 0 Å². The molecule has 7 N–H and O–H groups in total. The van der Waals surface area contributed by atoms with E-state index >= 15 is 0 Å². The van der Waals surface area contributed by atoms with Crippen molar-refractivity contribution in [1.29, 1.82) is 0 Å². The highest BCUT2D eigenvalue weighted by atomic mass is 31.2. The van der Waals surface area contributed by atoms with E-state index in [0.717, 1.165) is 32.1 Å². The predicted octanol–water partition coefficient (Wildman–Crippen LogP) is 2.01. The Morgan fingerprint density at radius 1 is 0.625 bits per heavy atom. The number of hydrogen-bond acceptors (Lipinski definition) is 13. The number of unbranched alkanes of at least 4 members (excludes halogenated alkanes) is 12. The molecule has 1 saturated carbocycles. The average molecular weight is 825 g/mol. The maximum Gasteiger partial charge on any atom is 0.472 e. The van der Waals surface area contributed by atoms with E-state index in [1.165, 1.54) is 44.9 Å². The fourth-order valence-corrected chi connectivity index (χ4v) is 6.68. The number of phosphoric acid groups is 2.